The Labute approximate surface area is 146 Å². The van der Waals surface area contributed by atoms with E-state index in [0.29, 0.717) is 0 Å². The Bertz CT molecular complexity index is 791. The Balaban J connectivity index is 2.18. The molecule has 0 saturated carbocycles. The number of halogens is 3. The molecular weight excluding hydrogens is 411 g/mol. The lowest BCUT2D eigenvalue weighted by Gasteiger charge is -2.15. The molecule has 0 N–H and O–H groups in total. The van der Waals surface area contributed by atoms with Crippen LogP contribution >= 0.6 is 43.5 Å². The molecule has 3 rings (SSSR count). The smallest absolute Gasteiger partial charge is 0.0651 e. The molecule has 0 spiro atoms. The van der Waals surface area contributed by atoms with Gasteiger partial charge in [-0.05, 0) is 47.2 Å². The largest absolute Gasteiger partial charge is 0.0837 e. The van der Waals surface area contributed by atoms with Crippen molar-refractivity contribution < 1.29 is 0 Å². The van der Waals surface area contributed by atoms with Crippen LogP contribution in [0.2, 0.25) is 5.02 Å². The summed E-state index contributed by atoms with van der Waals surface area (Å²) in [6, 6.07) is 18.8. The highest BCUT2D eigenvalue weighted by Gasteiger charge is 2.15. The van der Waals surface area contributed by atoms with Gasteiger partial charge in [-0.15, -0.1) is 0 Å². The first kappa shape index (κ1) is 15.1. The second-order valence-electron chi connectivity index (χ2n) is 5.11. The number of alkyl halides is 1. The SMILES string of the molecule is Cc1cc(Br)cc(C(Br)c2ccc(Cl)c3ccccc23)c1. The second kappa shape index (κ2) is 6.12. The van der Waals surface area contributed by atoms with Gasteiger partial charge >= 0.3 is 0 Å². The summed E-state index contributed by atoms with van der Waals surface area (Å²) in [6.07, 6.45) is 0. The van der Waals surface area contributed by atoms with Crippen molar-refractivity contribution in [3.8, 4) is 0 Å². The van der Waals surface area contributed by atoms with Gasteiger partial charge in [0.25, 0.3) is 0 Å². The molecule has 0 bridgehead atoms. The van der Waals surface area contributed by atoms with Crippen LogP contribution in [0.25, 0.3) is 10.8 Å². The molecule has 3 heteroatoms. The third kappa shape index (κ3) is 3.03. The first-order chi connectivity index (χ1) is 10.1. The molecule has 0 radical (unpaired) electrons. The molecule has 0 aromatic heterocycles. The quantitative estimate of drug-likeness (QED) is 0.387. The zero-order valence-corrected chi connectivity index (χ0v) is 15.3. The molecule has 3 aromatic rings. The van der Waals surface area contributed by atoms with Gasteiger partial charge in [-0.3, -0.25) is 0 Å². The fourth-order valence-corrected chi connectivity index (χ4v) is 4.11. The van der Waals surface area contributed by atoms with Crippen molar-refractivity contribution in [2.45, 2.75) is 11.8 Å². The first-order valence-electron chi connectivity index (χ1n) is 6.64. The highest BCUT2D eigenvalue weighted by atomic mass is 79.9. The number of benzene rings is 3. The maximum atomic E-state index is 6.31. The lowest BCUT2D eigenvalue weighted by atomic mass is 9.97. The fraction of sp³-hybridized carbons (Fsp3) is 0.111. The molecule has 0 saturated heterocycles. The van der Waals surface area contributed by atoms with Gasteiger partial charge in [-0.1, -0.05) is 79.9 Å². The summed E-state index contributed by atoms with van der Waals surface area (Å²) in [7, 11) is 0. The molecule has 1 atom stereocenters. The molecule has 0 aliphatic rings. The maximum absolute atomic E-state index is 6.31. The zero-order valence-electron chi connectivity index (χ0n) is 11.4. The Morgan fingerprint density at radius 1 is 0.952 bits per heavy atom. The summed E-state index contributed by atoms with van der Waals surface area (Å²) < 4.78 is 1.10. The highest BCUT2D eigenvalue weighted by Crippen LogP contribution is 2.38. The molecule has 0 nitrogen and oxygen atoms in total. The molecule has 0 heterocycles. The van der Waals surface area contributed by atoms with E-state index in [1.54, 1.807) is 0 Å². The normalized spacial score (nSPS) is 12.6. The predicted molar refractivity (Wildman–Crippen MR) is 98.6 cm³/mol. The van der Waals surface area contributed by atoms with Crippen LogP contribution in [0.15, 0.2) is 59.1 Å². The third-order valence-corrected chi connectivity index (χ3v) is 5.34. The Morgan fingerprint density at radius 2 is 1.67 bits per heavy atom. The van der Waals surface area contributed by atoms with E-state index < -0.39 is 0 Å². The molecule has 0 aliphatic carbocycles. The van der Waals surface area contributed by atoms with Crippen LogP contribution in [0.5, 0.6) is 0 Å². The minimum atomic E-state index is 0.135. The van der Waals surface area contributed by atoms with Gasteiger partial charge in [0.2, 0.25) is 0 Å². The van der Waals surface area contributed by atoms with Crippen LogP contribution in [0.4, 0.5) is 0 Å². The van der Waals surface area contributed by atoms with E-state index in [-0.39, 0.29) is 4.83 Å². The van der Waals surface area contributed by atoms with Gasteiger partial charge in [0.1, 0.15) is 0 Å². The monoisotopic (exact) mass is 422 g/mol. The lowest BCUT2D eigenvalue weighted by Crippen LogP contribution is -1.95. The topological polar surface area (TPSA) is 0 Å². The number of aryl methyl sites for hydroxylation is 1. The van der Waals surface area contributed by atoms with Crippen LogP contribution in [0, 0.1) is 6.92 Å². The summed E-state index contributed by atoms with van der Waals surface area (Å²) in [4.78, 5) is 0.135. The lowest BCUT2D eigenvalue weighted by molar-refractivity contribution is 1.18. The van der Waals surface area contributed by atoms with Crippen LogP contribution in [-0.2, 0) is 0 Å². The summed E-state index contributed by atoms with van der Waals surface area (Å²) in [6.45, 7) is 2.11. The van der Waals surface area contributed by atoms with Gasteiger partial charge in [0.15, 0.2) is 0 Å². The second-order valence-corrected chi connectivity index (χ2v) is 7.35. The van der Waals surface area contributed by atoms with E-state index in [9.17, 15) is 0 Å². The van der Waals surface area contributed by atoms with Gasteiger partial charge < -0.3 is 0 Å². The number of rotatable bonds is 2. The average Bonchev–Trinajstić information content (AvgIpc) is 2.46. The minimum absolute atomic E-state index is 0.135. The van der Waals surface area contributed by atoms with Gasteiger partial charge in [-0.2, -0.15) is 0 Å². The van der Waals surface area contributed by atoms with Crippen molar-refractivity contribution in [2.24, 2.45) is 0 Å². The third-order valence-electron chi connectivity index (χ3n) is 3.53. The van der Waals surface area contributed by atoms with E-state index in [4.69, 9.17) is 11.6 Å². The van der Waals surface area contributed by atoms with Crippen molar-refractivity contribution in [3.05, 3.63) is 80.8 Å². The molecule has 0 fully saturated rings. The minimum Gasteiger partial charge on any atom is -0.0837 e. The van der Waals surface area contributed by atoms with Gasteiger partial charge in [0.05, 0.1) is 4.83 Å². The van der Waals surface area contributed by atoms with Crippen molar-refractivity contribution in [1.82, 2.24) is 0 Å². The van der Waals surface area contributed by atoms with Crippen LogP contribution < -0.4 is 0 Å². The van der Waals surface area contributed by atoms with E-state index in [1.165, 1.54) is 22.1 Å². The number of hydrogen-bond acceptors (Lipinski definition) is 0. The summed E-state index contributed by atoms with van der Waals surface area (Å²) in [5, 5.41) is 3.07. The molecule has 21 heavy (non-hydrogen) atoms. The van der Waals surface area contributed by atoms with E-state index in [0.717, 1.165) is 14.9 Å². The predicted octanol–water partition coefficient (Wildman–Crippen LogP) is 7.05. The van der Waals surface area contributed by atoms with Gasteiger partial charge in [-0.25, -0.2) is 0 Å². The van der Waals surface area contributed by atoms with Gasteiger partial charge in [0, 0.05) is 14.9 Å². The fourth-order valence-electron chi connectivity index (χ4n) is 2.60. The summed E-state index contributed by atoms with van der Waals surface area (Å²) in [5.74, 6) is 0. The molecule has 106 valence electrons. The standard InChI is InChI=1S/C18H13Br2Cl/c1-11-8-12(10-13(19)9-11)18(20)16-6-7-17(21)15-5-3-2-4-14(15)16/h2-10,18H,1H3. The molecule has 1 unspecified atom stereocenters. The summed E-state index contributed by atoms with van der Waals surface area (Å²) in [5.41, 5.74) is 3.70. The average molecular weight is 425 g/mol. The summed E-state index contributed by atoms with van der Waals surface area (Å²) >= 11 is 13.7. The Morgan fingerprint density at radius 3 is 2.38 bits per heavy atom. The first-order valence-corrected chi connectivity index (χ1v) is 8.73. The van der Waals surface area contributed by atoms with E-state index >= 15 is 0 Å². The van der Waals surface area contributed by atoms with E-state index in [2.05, 4.69) is 75.2 Å². The van der Waals surface area contributed by atoms with Crippen molar-refractivity contribution in [2.75, 3.05) is 0 Å². The zero-order chi connectivity index (χ0) is 15.0. The number of hydrogen-bond donors (Lipinski definition) is 0. The van der Waals surface area contributed by atoms with Crippen molar-refractivity contribution >= 4 is 54.2 Å². The highest BCUT2D eigenvalue weighted by molar-refractivity contribution is 9.10. The Hall–Kier alpha value is -0.830. The Kier molecular flexibility index (Phi) is 4.39. The molecular formula is C18H13Br2Cl. The molecule has 0 aliphatic heterocycles. The van der Waals surface area contributed by atoms with Crippen LogP contribution in [0.3, 0.4) is 0 Å². The molecule has 0 amide bonds. The van der Waals surface area contributed by atoms with Crippen LogP contribution in [-0.4, -0.2) is 0 Å². The van der Waals surface area contributed by atoms with Crippen LogP contribution in [0.1, 0.15) is 21.5 Å². The number of fused-ring (bicyclic) bond motifs is 1. The maximum Gasteiger partial charge on any atom is 0.0651 e. The van der Waals surface area contributed by atoms with Crippen molar-refractivity contribution in [1.29, 1.82) is 0 Å². The van der Waals surface area contributed by atoms with Crippen molar-refractivity contribution in [3.63, 3.8) is 0 Å². The van der Waals surface area contributed by atoms with E-state index in [1.807, 2.05) is 18.2 Å². The molecule has 3 aromatic carbocycles.